The van der Waals surface area contributed by atoms with Crippen LogP contribution < -0.4 is 5.32 Å². The maximum absolute atomic E-state index is 12.8. The van der Waals surface area contributed by atoms with Gasteiger partial charge in [-0.05, 0) is 31.9 Å². The van der Waals surface area contributed by atoms with Crippen LogP contribution in [0, 0.1) is 6.92 Å². The molecule has 1 saturated heterocycles. The van der Waals surface area contributed by atoms with Crippen LogP contribution in [0.5, 0.6) is 0 Å². The number of nitrogens with zero attached hydrogens (tertiary/aromatic N) is 2. The Kier molecular flexibility index (Phi) is 3.67. The highest BCUT2D eigenvalue weighted by molar-refractivity contribution is 6.07. The molecule has 1 atom stereocenters. The molecule has 1 saturated carbocycles. The minimum Gasteiger partial charge on any atom is -0.459 e. The molecule has 0 unspecified atom stereocenters. The summed E-state index contributed by atoms with van der Waals surface area (Å²) in [7, 11) is 0. The van der Waals surface area contributed by atoms with E-state index in [1.807, 2.05) is 0 Å². The zero-order valence-corrected chi connectivity index (χ0v) is 13.7. The Hall–Kier alpha value is -2.90. The van der Waals surface area contributed by atoms with Gasteiger partial charge < -0.3 is 13.7 Å². The molecule has 1 aliphatic heterocycles. The lowest BCUT2D eigenvalue weighted by atomic mass is 10.1. The molecular formula is C17H17N3O5. The monoisotopic (exact) mass is 343 g/mol. The molecule has 0 bridgehead atoms. The summed E-state index contributed by atoms with van der Waals surface area (Å²) in [5.74, 6) is 0.366. The second kappa shape index (κ2) is 5.87. The zero-order valence-electron chi connectivity index (χ0n) is 13.7. The van der Waals surface area contributed by atoms with Gasteiger partial charge in [-0.3, -0.25) is 19.7 Å². The average molecular weight is 343 g/mol. The molecule has 0 aromatic carbocycles. The van der Waals surface area contributed by atoms with E-state index in [1.54, 1.807) is 24.0 Å². The van der Waals surface area contributed by atoms with Crippen molar-refractivity contribution in [2.75, 3.05) is 0 Å². The quantitative estimate of drug-likeness (QED) is 0.818. The number of aryl methyl sites for hydroxylation is 1. The number of amides is 3. The third-order valence-corrected chi connectivity index (χ3v) is 4.45. The molecule has 130 valence electrons. The van der Waals surface area contributed by atoms with E-state index < -0.39 is 11.9 Å². The minimum absolute atomic E-state index is 0.0184. The standard InChI is InChI=1S/C17H17N3O5/c1-9-11(18-17(25-9)13-3-2-6-24-13)7-15(22)20(10-4-5-10)12-8-14(21)19-16(12)23/h2-3,6,10,12H,4-5,7-8H2,1H3,(H,19,21,23)/t12-/m1/s1. The van der Waals surface area contributed by atoms with Gasteiger partial charge in [0.1, 0.15) is 11.8 Å². The minimum atomic E-state index is -0.718. The van der Waals surface area contributed by atoms with Crippen molar-refractivity contribution in [3.05, 3.63) is 29.9 Å². The van der Waals surface area contributed by atoms with Gasteiger partial charge in [0.2, 0.25) is 17.7 Å². The molecule has 3 amide bonds. The zero-order chi connectivity index (χ0) is 17.6. The predicted octanol–water partition coefficient (Wildman–Crippen LogP) is 1.19. The first kappa shape index (κ1) is 15.6. The van der Waals surface area contributed by atoms with Gasteiger partial charge in [0.15, 0.2) is 5.76 Å². The van der Waals surface area contributed by atoms with E-state index in [4.69, 9.17) is 8.83 Å². The first-order chi connectivity index (χ1) is 12.0. The summed E-state index contributed by atoms with van der Waals surface area (Å²) in [6.45, 7) is 1.73. The summed E-state index contributed by atoms with van der Waals surface area (Å²) in [6.07, 6.45) is 3.25. The summed E-state index contributed by atoms with van der Waals surface area (Å²) >= 11 is 0. The van der Waals surface area contributed by atoms with Crippen molar-refractivity contribution in [3.8, 4) is 11.7 Å². The van der Waals surface area contributed by atoms with Crippen LogP contribution in [0.25, 0.3) is 11.7 Å². The molecule has 2 fully saturated rings. The number of furan rings is 1. The van der Waals surface area contributed by atoms with Crippen LogP contribution in [0.1, 0.15) is 30.7 Å². The Morgan fingerprint density at radius 1 is 1.40 bits per heavy atom. The van der Waals surface area contributed by atoms with Crippen LogP contribution in [0.4, 0.5) is 0 Å². The number of oxazole rings is 1. The van der Waals surface area contributed by atoms with Crippen molar-refractivity contribution in [3.63, 3.8) is 0 Å². The van der Waals surface area contributed by atoms with Gasteiger partial charge in [-0.15, -0.1) is 0 Å². The van der Waals surface area contributed by atoms with Gasteiger partial charge in [-0.2, -0.15) is 0 Å². The summed E-state index contributed by atoms with van der Waals surface area (Å²) in [5.41, 5.74) is 0.506. The first-order valence-corrected chi connectivity index (χ1v) is 8.18. The van der Waals surface area contributed by atoms with Gasteiger partial charge in [0.05, 0.1) is 24.8 Å². The molecule has 4 rings (SSSR count). The largest absolute Gasteiger partial charge is 0.459 e. The van der Waals surface area contributed by atoms with Gasteiger partial charge in [-0.1, -0.05) is 0 Å². The Morgan fingerprint density at radius 3 is 2.80 bits per heavy atom. The van der Waals surface area contributed by atoms with E-state index in [0.29, 0.717) is 23.1 Å². The molecule has 2 aromatic rings. The second-order valence-corrected chi connectivity index (χ2v) is 6.34. The maximum atomic E-state index is 12.8. The van der Waals surface area contributed by atoms with Crippen LogP contribution in [0.2, 0.25) is 0 Å². The van der Waals surface area contributed by atoms with Crippen LogP contribution in [0.15, 0.2) is 27.2 Å². The fourth-order valence-corrected chi connectivity index (χ4v) is 3.08. The highest BCUT2D eigenvalue weighted by atomic mass is 16.4. The summed E-state index contributed by atoms with van der Waals surface area (Å²) < 4.78 is 10.8. The lowest BCUT2D eigenvalue weighted by Crippen LogP contribution is -2.46. The number of nitrogens with one attached hydrogen (secondary N) is 1. The van der Waals surface area contributed by atoms with E-state index in [1.165, 1.54) is 6.26 Å². The van der Waals surface area contributed by atoms with E-state index >= 15 is 0 Å². The third kappa shape index (κ3) is 2.95. The van der Waals surface area contributed by atoms with Crippen molar-refractivity contribution < 1.29 is 23.2 Å². The molecule has 1 aliphatic carbocycles. The molecule has 3 heterocycles. The smallest absolute Gasteiger partial charge is 0.263 e. The lowest BCUT2D eigenvalue weighted by molar-refractivity contribution is -0.139. The molecule has 2 aromatic heterocycles. The van der Waals surface area contributed by atoms with Crippen LogP contribution >= 0.6 is 0 Å². The number of imide groups is 1. The predicted molar refractivity (Wildman–Crippen MR) is 84.1 cm³/mol. The second-order valence-electron chi connectivity index (χ2n) is 6.34. The number of hydrogen-bond donors (Lipinski definition) is 1. The average Bonchev–Trinajstić information content (AvgIpc) is 2.96. The molecule has 0 spiro atoms. The molecule has 8 nitrogen and oxygen atoms in total. The van der Waals surface area contributed by atoms with E-state index in [0.717, 1.165) is 12.8 Å². The Balaban J connectivity index is 1.54. The fraction of sp³-hybridized carbons (Fsp3) is 0.412. The van der Waals surface area contributed by atoms with Crippen molar-refractivity contribution in [2.45, 2.75) is 44.7 Å². The van der Waals surface area contributed by atoms with Gasteiger partial charge in [0, 0.05) is 6.04 Å². The number of rotatable bonds is 5. The highest BCUT2D eigenvalue weighted by Crippen LogP contribution is 2.32. The molecule has 1 N–H and O–H groups in total. The van der Waals surface area contributed by atoms with Crippen molar-refractivity contribution in [1.82, 2.24) is 15.2 Å². The normalized spacial score (nSPS) is 20.0. The molecule has 2 aliphatic rings. The first-order valence-electron chi connectivity index (χ1n) is 8.18. The summed E-state index contributed by atoms with van der Waals surface area (Å²) in [6, 6.07) is 2.75. The number of carbonyl (C=O) groups excluding carboxylic acids is 3. The third-order valence-electron chi connectivity index (χ3n) is 4.45. The van der Waals surface area contributed by atoms with Gasteiger partial charge in [0.25, 0.3) is 5.89 Å². The van der Waals surface area contributed by atoms with Crippen molar-refractivity contribution in [1.29, 1.82) is 0 Å². The summed E-state index contributed by atoms with van der Waals surface area (Å²) in [5, 5.41) is 2.26. The molecule has 8 heteroatoms. The highest BCUT2D eigenvalue weighted by Gasteiger charge is 2.44. The Morgan fingerprint density at radius 2 is 2.20 bits per heavy atom. The van der Waals surface area contributed by atoms with Crippen LogP contribution in [0.3, 0.4) is 0 Å². The van der Waals surface area contributed by atoms with E-state index in [9.17, 15) is 14.4 Å². The lowest BCUT2D eigenvalue weighted by Gasteiger charge is -2.26. The number of aromatic nitrogens is 1. The van der Waals surface area contributed by atoms with Gasteiger partial charge >= 0.3 is 0 Å². The number of carbonyl (C=O) groups is 3. The van der Waals surface area contributed by atoms with Crippen molar-refractivity contribution in [2.24, 2.45) is 0 Å². The fourth-order valence-electron chi connectivity index (χ4n) is 3.08. The van der Waals surface area contributed by atoms with E-state index in [2.05, 4.69) is 10.3 Å². The van der Waals surface area contributed by atoms with E-state index in [-0.39, 0.29) is 30.7 Å². The Labute approximate surface area is 143 Å². The van der Waals surface area contributed by atoms with Crippen LogP contribution in [-0.2, 0) is 20.8 Å². The molecule has 0 radical (unpaired) electrons. The maximum Gasteiger partial charge on any atom is 0.263 e. The van der Waals surface area contributed by atoms with Gasteiger partial charge in [-0.25, -0.2) is 4.98 Å². The summed E-state index contributed by atoms with van der Waals surface area (Å²) in [4.78, 5) is 42.1. The number of hydrogen-bond acceptors (Lipinski definition) is 6. The molecular weight excluding hydrogens is 326 g/mol. The van der Waals surface area contributed by atoms with Crippen molar-refractivity contribution >= 4 is 17.7 Å². The SMILES string of the molecule is Cc1oc(-c2ccco2)nc1CC(=O)N(C1CC1)[C@@H]1CC(=O)NC1=O. The molecule has 25 heavy (non-hydrogen) atoms. The van der Waals surface area contributed by atoms with Crippen LogP contribution in [-0.4, -0.2) is 39.7 Å². The Bertz CT molecular complexity index is 835. The topological polar surface area (TPSA) is 106 Å².